The molecule has 0 aliphatic heterocycles. The van der Waals surface area contributed by atoms with Gasteiger partial charge in [-0.3, -0.25) is 9.80 Å². The minimum atomic E-state index is -0.446. The standard InChI is InChI=1S/2C18H15P.C12H20N2.C12H16N2.C7H8BrN.C5H9N.CH4O.CH4.2ClH.Pd/c2*1-4-10-16(11-5-1)19(17-12-6-2-7-13-17)18-14-8-3-9-15-18;2*1-10-7-11(9-12(13)8-10)5-4-6-14(2)3;1-5-2-6(8)4-7(9)3-5;1-4-5-6(2)3;1-2;;;;/h2*1-15H;7-9H,4-6,13H2,1-3H3;7-9H,6,13H2,1-3H3;2-4H,9H2,1H3;1H,5H2,2-3H3;2H,1H3;1H4;2*1H;/q;;;;;;;;;;+2/p-2. The first-order valence-electron chi connectivity index (χ1n) is 27.7. The van der Waals surface area contributed by atoms with Crippen molar-refractivity contribution >= 4 is 99.7 Å². The number of terminal acetylenes is 1. The molecule has 0 aromatic heterocycles. The molecule has 13 heteroatoms. The summed E-state index contributed by atoms with van der Waals surface area (Å²) < 4.78 is 1.04. The van der Waals surface area contributed by atoms with Crippen LogP contribution < -0.4 is 49.0 Å². The van der Waals surface area contributed by atoms with Crippen molar-refractivity contribution in [2.45, 2.75) is 41.0 Å². The molecule has 87 heavy (non-hydrogen) atoms. The van der Waals surface area contributed by atoms with Crippen LogP contribution in [-0.2, 0) is 22.4 Å². The van der Waals surface area contributed by atoms with Gasteiger partial charge in [0.1, 0.15) is 0 Å². The Hall–Kier alpha value is -6.08. The van der Waals surface area contributed by atoms with Gasteiger partial charge >= 0.3 is 35.0 Å². The number of hydrogen-bond acceptors (Lipinski definition) is 7. The number of halogens is 3. The van der Waals surface area contributed by atoms with Crippen LogP contribution in [0.2, 0.25) is 0 Å². The molecule has 0 radical (unpaired) electrons. The van der Waals surface area contributed by atoms with E-state index in [2.05, 4.69) is 254 Å². The summed E-state index contributed by atoms with van der Waals surface area (Å²) in [5, 5.41) is 15.4. The van der Waals surface area contributed by atoms with Crippen LogP contribution in [-0.4, -0.2) is 88.8 Å². The topological polar surface area (TPSA) is 108 Å². The number of aryl methyl sites for hydroxylation is 4. The summed E-state index contributed by atoms with van der Waals surface area (Å²) in [6, 6.07) is 82.7. The number of hydrogen-bond donors (Lipinski definition) is 4. The van der Waals surface area contributed by atoms with Gasteiger partial charge in [0.15, 0.2) is 0 Å². The van der Waals surface area contributed by atoms with Gasteiger partial charge in [0.25, 0.3) is 0 Å². The minimum Gasteiger partial charge on any atom is -0.0622 e. The Kier molecular flexibility index (Phi) is 43.5. The molecule has 0 aliphatic rings. The van der Waals surface area contributed by atoms with Crippen LogP contribution in [0.15, 0.2) is 241 Å². The van der Waals surface area contributed by atoms with E-state index in [1.54, 1.807) is 0 Å². The molecule has 0 saturated carbocycles. The van der Waals surface area contributed by atoms with Crippen LogP contribution in [0.5, 0.6) is 0 Å². The summed E-state index contributed by atoms with van der Waals surface area (Å²) in [4.78, 5) is 6.19. The Labute approximate surface area is 551 Å². The monoisotopic (exact) mass is 1400 g/mol. The fourth-order valence-electron chi connectivity index (χ4n) is 8.13. The molecule has 0 aliphatic carbocycles. The smallest absolute Gasteiger partial charge is 0.0134 e. The van der Waals surface area contributed by atoms with E-state index < -0.39 is 15.8 Å². The quantitative estimate of drug-likeness (QED) is 0.0418. The van der Waals surface area contributed by atoms with E-state index in [0.717, 1.165) is 65.8 Å². The number of nitrogens with two attached hydrogens (primary N) is 3. The summed E-state index contributed by atoms with van der Waals surface area (Å²) in [5.74, 6) is 8.65. The molecule has 9 aromatic rings. The summed E-state index contributed by atoms with van der Waals surface area (Å²) in [6.07, 6.45) is 7.24. The van der Waals surface area contributed by atoms with Gasteiger partial charge in [-0.05, 0) is 201 Å². The van der Waals surface area contributed by atoms with Crippen molar-refractivity contribution in [2.24, 2.45) is 0 Å². The maximum atomic E-state index is 7.00. The van der Waals surface area contributed by atoms with Crippen molar-refractivity contribution in [3.8, 4) is 24.2 Å². The maximum absolute atomic E-state index is 7.00. The van der Waals surface area contributed by atoms with Gasteiger partial charge in [-0.25, -0.2) is 0 Å². The van der Waals surface area contributed by atoms with Crippen molar-refractivity contribution in [1.29, 1.82) is 0 Å². The number of benzene rings is 9. The predicted octanol–water partition coefficient (Wildman–Crippen LogP) is 14.6. The fourth-order valence-corrected chi connectivity index (χ4v) is 13.4. The van der Waals surface area contributed by atoms with Crippen LogP contribution in [0.1, 0.15) is 41.7 Å². The predicted molar refractivity (Wildman–Crippen MR) is 391 cm³/mol. The van der Waals surface area contributed by atoms with Gasteiger partial charge in [-0.15, -0.1) is 6.42 Å². The van der Waals surface area contributed by atoms with Crippen molar-refractivity contribution in [1.82, 2.24) is 14.7 Å². The van der Waals surface area contributed by atoms with Crippen LogP contribution in [0, 0.1) is 45.0 Å². The van der Waals surface area contributed by atoms with E-state index in [4.69, 9.17) is 47.8 Å². The summed E-state index contributed by atoms with van der Waals surface area (Å²) in [5.41, 5.74) is 25.4. The number of aliphatic hydroxyl groups excluding tert-OH is 1. The third kappa shape index (κ3) is 35.5. The number of nitrogens with zero attached hydrogens (tertiary/aromatic N) is 3. The molecule has 0 atom stereocenters. The van der Waals surface area contributed by atoms with E-state index in [9.17, 15) is 0 Å². The largest absolute Gasteiger partial charge is 0.0622 e. The molecular formula is C74H91BrCl2N6OP2Pd. The van der Waals surface area contributed by atoms with Gasteiger partial charge < -0.3 is 27.2 Å². The summed E-state index contributed by atoms with van der Waals surface area (Å²) in [7, 11) is 21.8. The minimum absolute atomic E-state index is 0. The normalized spacial score (nSPS) is 9.82. The summed E-state index contributed by atoms with van der Waals surface area (Å²) in [6.45, 7) is 8.77. The first-order valence-corrected chi connectivity index (χ1v) is 35.2. The van der Waals surface area contributed by atoms with E-state index >= 15 is 0 Å². The second kappa shape index (κ2) is 47.9. The van der Waals surface area contributed by atoms with E-state index in [1.807, 2.05) is 94.3 Å². The van der Waals surface area contributed by atoms with E-state index in [1.165, 1.54) is 54.9 Å². The zero-order valence-electron chi connectivity index (χ0n) is 51.5. The van der Waals surface area contributed by atoms with Crippen LogP contribution >= 0.6 is 50.8 Å². The number of anilines is 3. The molecule has 0 bridgehead atoms. The molecule has 9 rings (SSSR count). The van der Waals surface area contributed by atoms with Crippen molar-refractivity contribution in [2.75, 3.05) is 86.2 Å². The van der Waals surface area contributed by atoms with Gasteiger partial charge in [0, 0.05) is 34.2 Å². The van der Waals surface area contributed by atoms with Gasteiger partial charge in [0.05, 0.1) is 13.1 Å². The molecular weight excluding hydrogens is 1310 g/mol. The van der Waals surface area contributed by atoms with Crippen LogP contribution in [0.4, 0.5) is 17.1 Å². The van der Waals surface area contributed by atoms with Crippen molar-refractivity contribution in [3.05, 3.63) is 269 Å². The van der Waals surface area contributed by atoms with Crippen molar-refractivity contribution < 1.29 is 21.0 Å². The number of aliphatic hydroxyl groups is 1. The van der Waals surface area contributed by atoms with Crippen LogP contribution in [0.3, 0.4) is 0 Å². The van der Waals surface area contributed by atoms with Gasteiger partial charge in [0.2, 0.25) is 0 Å². The average molecular weight is 1400 g/mol. The van der Waals surface area contributed by atoms with Crippen molar-refractivity contribution in [3.63, 3.8) is 0 Å². The Balaban J connectivity index is 0.000000528. The Bertz CT molecular complexity index is 2900. The second-order valence-electron chi connectivity index (χ2n) is 20.1. The third-order valence-corrected chi connectivity index (χ3v) is 16.9. The summed E-state index contributed by atoms with van der Waals surface area (Å²) >= 11 is 3.23. The molecule has 0 spiro atoms. The molecule has 464 valence electrons. The Morgan fingerprint density at radius 3 is 1.03 bits per heavy atom. The second-order valence-corrected chi connectivity index (χ2v) is 27.8. The Morgan fingerprint density at radius 2 is 0.770 bits per heavy atom. The number of rotatable bonds is 12. The SMILES string of the molecule is C.C#CCN(C)C.CO.Cc1cc(N)cc(Br)c1.Cc1cc(N)cc(C#CCN(C)C)c1.Cc1cc(N)cc(CCCN(C)C)c1.[Cl][Pd][Cl].c1ccc(P(c2ccccc2)c2ccccc2)cc1.c1ccc(P(c2ccccc2)c2ccccc2)cc1. The first-order chi connectivity index (χ1) is 41.4. The van der Waals surface area contributed by atoms with Gasteiger partial charge in [-0.2, -0.15) is 0 Å². The molecule has 7 nitrogen and oxygen atoms in total. The molecule has 9 aromatic carbocycles. The zero-order valence-corrected chi connectivity index (χ0v) is 57.9. The molecule has 0 heterocycles. The van der Waals surface area contributed by atoms with E-state index in [0.29, 0.717) is 0 Å². The van der Waals surface area contributed by atoms with Crippen LogP contribution in [0.25, 0.3) is 0 Å². The molecule has 0 amide bonds. The van der Waals surface area contributed by atoms with E-state index in [-0.39, 0.29) is 23.4 Å². The first kappa shape index (κ1) is 78.9. The Morgan fingerprint density at radius 1 is 0.460 bits per heavy atom. The number of nitrogen functional groups attached to an aromatic ring is 3. The zero-order chi connectivity index (χ0) is 63.5. The maximum Gasteiger partial charge on any atom is -0.0134 e. The van der Waals surface area contributed by atoms with Gasteiger partial charge in [-0.1, -0.05) is 229 Å². The molecule has 0 unspecified atom stereocenters. The fraction of sp³-hybridized carbons (Fsp3) is 0.216. The molecule has 0 fully saturated rings. The molecule has 7 N–H and O–H groups in total. The third-order valence-electron chi connectivity index (χ3n) is 11.5. The molecule has 0 saturated heterocycles. The average Bonchev–Trinajstić information content (AvgIpc) is 3.25.